The smallest absolute Gasteiger partial charge is 0.174 e. The van der Waals surface area contributed by atoms with Gasteiger partial charge < -0.3 is 0 Å². The van der Waals surface area contributed by atoms with Crippen molar-refractivity contribution in [1.29, 1.82) is 0 Å². The second-order valence-electron chi connectivity index (χ2n) is 3.19. The van der Waals surface area contributed by atoms with Crippen molar-refractivity contribution < 1.29 is 4.79 Å². The highest BCUT2D eigenvalue weighted by Crippen LogP contribution is 2.24. The van der Waals surface area contributed by atoms with Gasteiger partial charge in [-0.05, 0) is 6.07 Å². The van der Waals surface area contributed by atoms with Crippen LogP contribution in [0.4, 0.5) is 0 Å². The van der Waals surface area contributed by atoms with E-state index < -0.39 is 0 Å². The normalized spacial score (nSPS) is 14.9. The van der Waals surface area contributed by atoms with E-state index in [0.717, 1.165) is 26.7 Å². The number of benzene rings is 1. The third-order valence-corrected chi connectivity index (χ3v) is 5.00. The van der Waals surface area contributed by atoms with Gasteiger partial charge in [0.15, 0.2) is 5.78 Å². The number of rotatable bonds is 3. The zero-order chi connectivity index (χ0) is 11.4. The summed E-state index contributed by atoms with van der Waals surface area (Å²) in [5, 5.41) is 0. The molecule has 5 heteroatoms. The molecule has 0 saturated carbocycles. The van der Waals surface area contributed by atoms with Gasteiger partial charge >= 0.3 is 0 Å². The molecular weight excluding hydrogens is 306 g/mol. The van der Waals surface area contributed by atoms with Crippen LogP contribution < -0.4 is 0 Å². The summed E-state index contributed by atoms with van der Waals surface area (Å²) >= 11 is 6.66. The fraction of sp³-hybridized carbons (Fsp3) is 0.273. The molecule has 0 bridgehead atoms. The molecule has 0 radical (unpaired) electrons. The Labute approximate surface area is 111 Å². The number of ketones is 1. The minimum Gasteiger partial charge on any atom is -0.293 e. The van der Waals surface area contributed by atoms with E-state index in [-0.39, 0.29) is 5.78 Å². The quantitative estimate of drug-likeness (QED) is 0.800. The molecule has 0 unspecified atom stereocenters. The van der Waals surface area contributed by atoms with Gasteiger partial charge in [-0.15, -0.1) is 0 Å². The number of carbonyl (C=O) groups excluding carboxylic acids is 1. The summed E-state index contributed by atoms with van der Waals surface area (Å²) in [5.74, 6) is 1.66. The Hall–Kier alpha value is -0.260. The number of hydrogen-bond acceptors (Lipinski definition) is 4. The molecule has 1 aliphatic rings. The molecular formula is C11H10BrNOS2. The Balaban J connectivity index is 1.95. The lowest BCUT2D eigenvalue weighted by atomic mass is 10.1. The predicted octanol–water partition coefficient (Wildman–Crippen LogP) is 3.47. The molecule has 0 fully saturated rings. The molecule has 0 saturated heterocycles. The van der Waals surface area contributed by atoms with Gasteiger partial charge in [-0.25, -0.2) is 0 Å². The third-order valence-electron chi connectivity index (χ3n) is 2.06. The second kappa shape index (κ2) is 5.89. The maximum atomic E-state index is 11.9. The number of Topliss-reactive ketones (excluding diaryl/α,β-unsaturated/α-hetero) is 1. The first-order valence-corrected chi connectivity index (χ1v) is 7.61. The lowest BCUT2D eigenvalue weighted by Gasteiger charge is -2.02. The van der Waals surface area contributed by atoms with Gasteiger partial charge in [0.25, 0.3) is 0 Å². The molecule has 1 heterocycles. The van der Waals surface area contributed by atoms with E-state index in [9.17, 15) is 4.79 Å². The van der Waals surface area contributed by atoms with Crippen molar-refractivity contribution >= 4 is 49.6 Å². The summed E-state index contributed by atoms with van der Waals surface area (Å²) in [6, 6.07) is 7.52. The molecule has 1 aromatic carbocycles. The van der Waals surface area contributed by atoms with Crippen LogP contribution in [-0.2, 0) is 0 Å². The van der Waals surface area contributed by atoms with E-state index in [4.69, 9.17) is 0 Å². The van der Waals surface area contributed by atoms with E-state index in [1.165, 1.54) is 11.8 Å². The highest BCUT2D eigenvalue weighted by atomic mass is 79.9. The second-order valence-corrected chi connectivity index (χ2v) is 6.35. The topological polar surface area (TPSA) is 29.4 Å². The molecule has 1 aliphatic heterocycles. The SMILES string of the molecule is O=C(CSC1=NCCS1)c1ccccc1Br. The molecule has 0 aromatic heterocycles. The Morgan fingerprint density at radius 1 is 1.50 bits per heavy atom. The molecule has 0 atom stereocenters. The largest absolute Gasteiger partial charge is 0.293 e. The summed E-state index contributed by atoms with van der Waals surface area (Å²) in [6.07, 6.45) is 0. The van der Waals surface area contributed by atoms with Crippen LogP contribution in [-0.4, -0.2) is 28.2 Å². The maximum absolute atomic E-state index is 11.9. The van der Waals surface area contributed by atoms with Gasteiger partial charge in [-0.3, -0.25) is 9.79 Å². The minimum atomic E-state index is 0.146. The average Bonchev–Trinajstić information content (AvgIpc) is 2.79. The minimum absolute atomic E-state index is 0.146. The first-order chi connectivity index (χ1) is 7.77. The molecule has 0 amide bonds. The van der Waals surface area contributed by atoms with Crippen molar-refractivity contribution in [2.45, 2.75) is 0 Å². The van der Waals surface area contributed by atoms with Crippen molar-refractivity contribution in [1.82, 2.24) is 0 Å². The van der Waals surface area contributed by atoms with Crippen molar-refractivity contribution in [3.05, 3.63) is 34.3 Å². The van der Waals surface area contributed by atoms with Crippen molar-refractivity contribution in [3.63, 3.8) is 0 Å². The number of hydrogen-bond donors (Lipinski definition) is 0. The molecule has 84 valence electrons. The predicted molar refractivity (Wildman–Crippen MR) is 75.7 cm³/mol. The van der Waals surface area contributed by atoms with Crippen molar-refractivity contribution in [2.24, 2.45) is 4.99 Å². The fourth-order valence-electron chi connectivity index (χ4n) is 1.30. The van der Waals surface area contributed by atoms with Crippen LogP contribution in [0.2, 0.25) is 0 Å². The Bertz CT molecular complexity index is 434. The highest BCUT2D eigenvalue weighted by molar-refractivity contribution is 9.10. The summed E-state index contributed by atoms with van der Waals surface area (Å²) in [4.78, 5) is 16.2. The maximum Gasteiger partial charge on any atom is 0.174 e. The number of aliphatic imine (C=N–C) groups is 1. The Morgan fingerprint density at radius 3 is 3.00 bits per heavy atom. The van der Waals surface area contributed by atoms with Crippen molar-refractivity contribution in [3.8, 4) is 0 Å². The summed E-state index contributed by atoms with van der Waals surface area (Å²) in [5.41, 5.74) is 0.749. The van der Waals surface area contributed by atoms with E-state index >= 15 is 0 Å². The first-order valence-electron chi connectivity index (χ1n) is 4.85. The molecule has 0 spiro atoms. The van der Waals surface area contributed by atoms with Gasteiger partial charge in [0, 0.05) is 15.8 Å². The van der Waals surface area contributed by atoms with E-state index in [0.29, 0.717) is 5.75 Å². The molecule has 1 aromatic rings. The zero-order valence-corrected chi connectivity index (χ0v) is 11.7. The van der Waals surface area contributed by atoms with Gasteiger partial charge in [0.05, 0.1) is 12.3 Å². The van der Waals surface area contributed by atoms with E-state index in [2.05, 4.69) is 20.9 Å². The van der Waals surface area contributed by atoms with Gasteiger partial charge in [-0.2, -0.15) is 0 Å². The summed E-state index contributed by atoms with van der Waals surface area (Å²) < 4.78 is 1.90. The third kappa shape index (κ3) is 3.12. The van der Waals surface area contributed by atoms with Crippen LogP contribution in [0.1, 0.15) is 10.4 Å². The average molecular weight is 316 g/mol. The molecule has 16 heavy (non-hydrogen) atoms. The van der Waals surface area contributed by atoms with Crippen molar-refractivity contribution in [2.75, 3.05) is 18.1 Å². The number of thioether (sulfide) groups is 2. The van der Waals surface area contributed by atoms with E-state index in [1.54, 1.807) is 11.8 Å². The van der Waals surface area contributed by atoms with Crippen LogP contribution in [0.25, 0.3) is 0 Å². The van der Waals surface area contributed by atoms with Gasteiger partial charge in [0.2, 0.25) is 0 Å². The lowest BCUT2D eigenvalue weighted by molar-refractivity contribution is 0.102. The zero-order valence-electron chi connectivity index (χ0n) is 8.48. The van der Waals surface area contributed by atoms with Crippen LogP contribution in [0, 0.1) is 0 Å². The molecule has 2 nitrogen and oxygen atoms in total. The van der Waals surface area contributed by atoms with Crippen LogP contribution in [0.15, 0.2) is 33.7 Å². The van der Waals surface area contributed by atoms with Gasteiger partial charge in [0.1, 0.15) is 4.38 Å². The monoisotopic (exact) mass is 315 g/mol. The number of halogens is 1. The highest BCUT2D eigenvalue weighted by Gasteiger charge is 2.13. The first kappa shape index (κ1) is 12.2. The summed E-state index contributed by atoms with van der Waals surface area (Å²) in [7, 11) is 0. The molecule has 0 aliphatic carbocycles. The molecule has 0 N–H and O–H groups in total. The van der Waals surface area contributed by atoms with Gasteiger partial charge in [-0.1, -0.05) is 57.7 Å². The van der Waals surface area contributed by atoms with Crippen LogP contribution in [0.5, 0.6) is 0 Å². The number of carbonyl (C=O) groups is 1. The summed E-state index contributed by atoms with van der Waals surface area (Å²) in [6.45, 7) is 0.885. The Morgan fingerprint density at radius 2 is 2.31 bits per heavy atom. The van der Waals surface area contributed by atoms with Crippen LogP contribution in [0.3, 0.4) is 0 Å². The molecule has 2 rings (SSSR count). The fourth-order valence-corrected chi connectivity index (χ4v) is 3.69. The van der Waals surface area contributed by atoms with Crippen LogP contribution >= 0.6 is 39.5 Å². The Kier molecular flexibility index (Phi) is 4.49. The van der Waals surface area contributed by atoms with E-state index in [1.807, 2.05) is 24.3 Å². The standard InChI is InChI=1S/C11H10BrNOS2/c12-9-4-2-1-3-8(9)10(14)7-16-11-13-5-6-15-11/h1-4H,5-7H2. The lowest BCUT2D eigenvalue weighted by Crippen LogP contribution is -2.04. The number of nitrogens with zero attached hydrogens (tertiary/aromatic N) is 1.